The Kier molecular flexibility index (Phi) is 6.58. The molecule has 0 radical (unpaired) electrons. The molecule has 8 nitrogen and oxygen atoms in total. The molecule has 1 aliphatic carbocycles. The molecule has 10 heteroatoms. The van der Waals surface area contributed by atoms with Gasteiger partial charge in [0.05, 0.1) is 16.1 Å². The number of nitrogens with one attached hydrogen (secondary N) is 4. The summed E-state index contributed by atoms with van der Waals surface area (Å²) in [6.45, 7) is 0.579. The Hall–Kier alpha value is -2.76. The highest BCUT2D eigenvalue weighted by atomic mass is 35.5. The number of carbonyl (C=O) groups excluding carboxylic acids is 3. The molecule has 3 amide bonds. The molecule has 3 atom stereocenters. The van der Waals surface area contributed by atoms with Gasteiger partial charge in [0.25, 0.3) is 5.91 Å². The van der Waals surface area contributed by atoms with Gasteiger partial charge in [0.1, 0.15) is 17.8 Å². The fraction of sp³-hybridized carbons (Fsp3) is 0.455. The van der Waals surface area contributed by atoms with Crippen molar-refractivity contribution in [1.29, 1.82) is 5.26 Å². The van der Waals surface area contributed by atoms with E-state index in [1.54, 1.807) is 18.2 Å². The number of aromatic amines is 1. The summed E-state index contributed by atoms with van der Waals surface area (Å²) in [6.07, 6.45) is 3.39. The number of hydrogen-bond donors (Lipinski definition) is 4. The first kappa shape index (κ1) is 22.4. The molecule has 2 aromatic rings. The number of amides is 3. The van der Waals surface area contributed by atoms with Gasteiger partial charge in [0.2, 0.25) is 11.8 Å². The van der Waals surface area contributed by atoms with Crippen molar-refractivity contribution in [3.8, 4) is 6.07 Å². The standard InChI is InChI=1S/C22H23Cl2N5O3/c23-15-3-4-16-14(19(15)24)9-18(28-16)22(32)29-17(7-11-1-2-11)21(31)27-13(10-25)8-12-5-6-26-20(12)30/h3-4,9,11-13,17,28H,1-2,5-8H2,(H,26,30)(H,27,31)(H,29,32). The molecular weight excluding hydrogens is 453 g/mol. The van der Waals surface area contributed by atoms with Crippen LogP contribution >= 0.6 is 23.2 Å². The second-order valence-electron chi connectivity index (χ2n) is 8.41. The molecule has 4 rings (SSSR count). The van der Waals surface area contributed by atoms with E-state index >= 15 is 0 Å². The summed E-state index contributed by atoms with van der Waals surface area (Å²) in [5.41, 5.74) is 0.921. The predicted molar refractivity (Wildman–Crippen MR) is 120 cm³/mol. The Morgan fingerprint density at radius 1 is 1.19 bits per heavy atom. The minimum atomic E-state index is -0.802. The molecule has 1 aromatic carbocycles. The van der Waals surface area contributed by atoms with E-state index in [9.17, 15) is 19.6 Å². The molecule has 4 N–H and O–H groups in total. The van der Waals surface area contributed by atoms with Crippen LogP contribution in [-0.4, -0.2) is 41.3 Å². The van der Waals surface area contributed by atoms with Gasteiger partial charge < -0.3 is 20.9 Å². The maximum Gasteiger partial charge on any atom is 0.268 e. The summed E-state index contributed by atoms with van der Waals surface area (Å²) in [7, 11) is 0. The number of nitriles is 1. The molecule has 32 heavy (non-hydrogen) atoms. The van der Waals surface area contributed by atoms with Crippen LogP contribution in [0, 0.1) is 23.2 Å². The third-order valence-electron chi connectivity index (χ3n) is 5.98. The number of aromatic nitrogens is 1. The third kappa shape index (κ3) is 5.00. The van der Waals surface area contributed by atoms with Crippen molar-refractivity contribution >= 4 is 51.8 Å². The van der Waals surface area contributed by atoms with Crippen molar-refractivity contribution in [2.24, 2.45) is 11.8 Å². The Morgan fingerprint density at radius 2 is 1.97 bits per heavy atom. The van der Waals surface area contributed by atoms with E-state index in [2.05, 4.69) is 27.0 Å². The lowest BCUT2D eigenvalue weighted by Gasteiger charge is -2.21. The third-order valence-corrected chi connectivity index (χ3v) is 6.80. The van der Waals surface area contributed by atoms with Crippen molar-refractivity contribution in [2.75, 3.05) is 6.54 Å². The van der Waals surface area contributed by atoms with E-state index in [-0.39, 0.29) is 23.9 Å². The van der Waals surface area contributed by atoms with Gasteiger partial charge in [-0.3, -0.25) is 14.4 Å². The topological polar surface area (TPSA) is 127 Å². The highest BCUT2D eigenvalue weighted by molar-refractivity contribution is 6.45. The zero-order valence-electron chi connectivity index (χ0n) is 17.2. The van der Waals surface area contributed by atoms with Crippen molar-refractivity contribution in [1.82, 2.24) is 20.9 Å². The number of carbonyl (C=O) groups is 3. The zero-order chi connectivity index (χ0) is 22.8. The molecule has 1 aliphatic heterocycles. The summed E-state index contributed by atoms with van der Waals surface area (Å²) in [5.74, 6) is -0.896. The number of benzene rings is 1. The van der Waals surface area contributed by atoms with Gasteiger partial charge in [0, 0.05) is 23.4 Å². The fourth-order valence-corrected chi connectivity index (χ4v) is 4.37. The maximum absolute atomic E-state index is 12.9. The minimum Gasteiger partial charge on any atom is -0.356 e. The molecule has 2 heterocycles. The smallest absolute Gasteiger partial charge is 0.268 e. The molecule has 168 valence electrons. The van der Waals surface area contributed by atoms with Crippen molar-refractivity contribution in [3.63, 3.8) is 0 Å². The maximum atomic E-state index is 12.9. The zero-order valence-corrected chi connectivity index (χ0v) is 18.7. The Labute approximate surface area is 195 Å². The lowest BCUT2D eigenvalue weighted by Crippen LogP contribution is -2.50. The van der Waals surface area contributed by atoms with E-state index in [1.807, 2.05) is 0 Å². The van der Waals surface area contributed by atoms with Crippen LogP contribution in [0.25, 0.3) is 10.9 Å². The molecule has 1 aromatic heterocycles. The highest BCUT2D eigenvalue weighted by Crippen LogP contribution is 2.34. The SMILES string of the molecule is N#CC(CC1CCNC1=O)NC(=O)C(CC1CC1)NC(=O)c1cc2c(Cl)c(Cl)ccc2[nH]1. The summed E-state index contributed by atoms with van der Waals surface area (Å²) >= 11 is 12.3. The molecule has 1 saturated heterocycles. The van der Waals surface area contributed by atoms with E-state index in [0.717, 1.165) is 12.8 Å². The first-order valence-corrected chi connectivity index (χ1v) is 11.4. The Morgan fingerprint density at radius 3 is 2.62 bits per heavy atom. The number of halogens is 2. The molecule has 2 fully saturated rings. The van der Waals surface area contributed by atoms with Crippen molar-refractivity contribution < 1.29 is 14.4 Å². The molecule has 0 bridgehead atoms. The summed E-state index contributed by atoms with van der Waals surface area (Å²) < 4.78 is 0. The Bertz CT molecular complexity index is 1100. The van der Waals surface area contributed by atoms with Crippen LogP contribution < -0.4 is 16.0 Å². The van der Waals surface area contributed by atoms with Gasteiger partial charge in [-0.1, -0.05) is 36.0 Å². The summed E-state index contributed by atoms with van der Waals surface area (Å²) in [4.78, 5) is 40.6. The number of hydrogen-bond acceptors (Lipinski definition) is 4. The monoisotopic (exact) mass is 475 g/mol. The van der Waals surface area contributed by atoms with Gasteiger partial charge >= 0.3 is 0 Å². The van der Waals surface area contributed by atoms with E-state index in [4.69, 9.17) is 23.2 Å². The lowest BCUT2D eigenvalue weighted by molar-refractivity contribution is -0.125. The predicted octanol–water partition coefficient (Wildman–Crippen LogP) is 2.91. The normalized spacial score (nSPS) is 19.8. The lowest BCUT2D eigenvalue weighted by atomic mass is 9.98. The fourth-order valence-electron chi connectivity index (χ4n) is 3.99. The van der Waals surface area contributed by atoms with Crippen molar-refractivity contribution in [2.45, 2.75) is 44.2 Å². The van der Waals surface area contributed by atoms with Gasteiger partial charge in [-0.05, 0) is 43.4 Å². The highest BCUT2D eigenvalue weighted by Gasteiger charge is 2.33. The summed E-state index contributed by atoms with van der Waals surface area (Å²) in [5, 5.41) is 19.0. The van der Waals surface area contributed by atoms with Crippen LogP contribution in [0.15, 0.2) is 18.2 Å². The average Bonchev–Trinajstić information content (AvgIpc) is 3.33. The van der Waals surface area contributed by atoms with E-state index in [0.29, 0.717) is 46.3 Å². The molecule has 0 spiro atoms. The van der Waals surface area contributed by atoms with Crippen LogP contribution in [0.2, 0.25) is 10.0 Å². The molecule has 1 saturated carbocycles. The first-order chi connectivity index (χ1) is 15.4. The van der Waals surface area contributed by atoms with Crippen LogP contribution in [0.1, 0.15) is 42.6 Å². The van der Waals surface area contributed by atoms with Gasteiger partial charge in [-0.15, -0.1) is 0 Å². The van der Waals surface area contributed by atoms with E-state index in [1.165, 1.54) is 0 Å². The van der Waals surface area contributed by atoms with Crippen LogP contribution in [0.4, 0.5) is 0 Å². The van der Waals surface area contributed by atoms with Crippen LogP contribution in [0.3, 0.4) is 0 Å². The molecular formula is C22H23Cl2N5O3. The minimum absolute atomic E-state index is 0.0973. The number of H-pyrrole nitrogens is 1. The quantitative estimate of drug-likeness (QED) is 0.467. The van der Waals surface area contributed by atoms with Gasteiger partial charge in [-0.2, -0.15) is 5.26 Å². The van der Waals surface area contributed by atoms with Gasteiger partial charge in [0.15, 0.2) is 0 Å². The number of rotatable bonds is 8. The largest absolute Gasteiger partial charge is 0.356 e. The van der Waals surface area contributed by atoms with Gasteiger partial charge in [-0.25, -0.2) is 0 Å². The first-order valence-electron chi connectivity index (χ1n) is 10.6. The molecule has 2 aliphatic rings. The Balaban J connectivity index is 1.45. The second-order valence-corrected chi connectivity index (χ2v) is 9.20. The van der Waals surface area contributed by atoms with Crippen LogP contribution in [0.5, 0.6) is 0 Å². The number of fused-ring (bicyclic) bond motifs is 1. The molecule has 3 unspecified atom stereocenters. The van der Waals surface area contributed by atoms with Crippen molar-refractivity contribution in [3.05, 3.63) is 33.9 Å². The average molecular weight is 476 g/mol. The summed E-state index contributed by atoms with van der Waals surface area (Å²) in [6, 6.07) is 5.44. The second kappa shape index (κ2) is 9.39. The van der Waals surface area contributed by atoms with Crippen LogP contribution in [-0.2, 0) is 9.59 Å². The van der Waals surface area contributed by atoms with E-state index < -0.39 is 23.9 Å². The number of nitrogens with zero attached hydrogens (tertiary/aromatic N) is 1.